The van der Waals surface area contributed by atoms with Crippen molar-refractivity contribution >= 4 is 11.8 Å². The van der Waals surface area contributed by atoms with Crippen LogP contribution in [0.15, 0.2) is 29.2 Å². The van der Waals surface area contributed by atoms with Gasteiger partial charge >= 0.3 is 5.51 Å². The molecule has 1 fully saturated rings. The van der Waals surface area contributed by atoms with Gasteiger partial charge in [-0.15, -0.1) is 0 Å². The molecule has 1 heterocycles. The van der Waals surface area contributed by atoms with Crippen molar-refractivity contribution in [3.05, 3.63) is 29.8 Å². The first kappa shape index (κ1) is 15.7. The molecular formula is C14H18F3NOS. The lowest BCUT2D eigenvalue weighted by molar-refractivity contribution is -0.0328. The highest BCUT2D eigenvalue weighted by atomic mass is 32.2. The van der Waals surface area contributed by atoms with Crippen LogP contribution in [0.4, 0.5) is 13.2 Å². The van der Waals surface area contributed by atoms with Gasteiger partial charge < -0.3 is 10.1 Å². The van der Waals surface area contributed by atoms with Gasteiger partial charge in [-0.05, 0) is 49.7 Å². The third kappa shape index (κ3) is 4.14. The zero-order valence-corrected chi connectivity index (χ0v) is 12.3. The normalized spacial score (nSPS) is 26.9. The summed E-state index contributed by atoms with van der Waals surface area (Å²) in [5, 5.41) is 3.44. The monoisotopic (exact) mass is 305 g/mol. The molecule has 1 aromatic rings. The Labute approximate surface area is 121 Å². The Morgan fingerprint density at radius 1 is 1.35 bits per heavy atom. The predicted octanol–water partition coefficient (Wildman–Crippen LogP) is 3.96. The Balaban J connectivity index is 1.91. The SMILES string of the molecule is CC1OCCC1(C)NCc1ccc(SC(F)(F)F)cc1. The van der Waals surface area contributed by atoms with Crippen LogP contribution in [0.3, 0.4) is 0 Å². The molecule has 20 heavy (non-hydrogen) atoms. The quantitative estimate of drug-likeness (QED) is 0.851. The Morgan fingerprint density at radius 2 is 2.00 bits per heavy atom. The van der Waals surface area contributed by atoms with Crippen LogP contribution in [0.2, 0.25) is 0 Å². The van der Waals surface area contributed by atoms with Crippen LogP contribution < -0.4 is 5.32 Å². The maximum absolute atomic E-state index is 12.2. The zero-order valence-electron chi connectivity index (χ0n) is 11.5. The molecule has 1 aliphatic rings. The van der Waals surface area contributed by atoms with Gasteiger partial charge in [-0.1, -0.05) is 12.1 Å². The van der Waals surface area contributed by atoms with Gasteiger partial charge in [0.15, 0.2) is 0 Å². The van der Waals surface area contributed by atoms with Gasteiger partial charge in [0.1, 0.15) is 0 Å². The van der Waals surface area contributed by atoms with Gasteiger partial charge in [-0.2, -0.15) is 13.2 Å². The van der Waals surface area contributed by atoms with E-state index in [1.54, 1.807) is 12.1 Å². The highest BCUT2D eigenvalue weighted by Gasteiger charge is 2.36. The fourth-order valence-electron chi connectivity index (χ4n) is 2.18. The number of hydrogen-bond donors (Lipinski definition) is 1. The number of thioether (sulfide) groups is 1. The molecule has 0 aliphatic carbocycles. The van der Waals surface area contributed by atoms with Crippen molar-refractivity contribution in [3.63, 3.8) is 0 Å². The van der Waals surface area contributed by atoms with E-state index in [2.05, 4.69) is 12.2 Å². The first-order valence-electron chi connectivity index (χ1n) is 6.50. The van der Waals surface area contributed by atoms with E-state index in [0.29, 0.717) is 6.54 Å². The summed E-state index contributed by atoms with van der Waals surface area (Å²) in [6.07, 6.45) is 1.08. The molecule has 0 aromatic heterocycles. The van der Waals surface area contributed by atoms with Crippen molar-refractivity contribution in [2.24, 2.45) is 0 Å². The van der Waals surface area contributed by atoms with Gasteiger partial charge in [0, 0.05) is 23.6 Å². The van der Waals surface area contributed by atoms with Crippen molar-refractivity contribution < 1.29 is 17.9 Å². The van der Waals surface area contributed by atoms with E-state index in [1.165, 1.54) is 12.1 Å². The largest absolute Gasteiger partial charge is 0.446 e. The summed E-state index contributed by atoms with van der Waals surface area (Å²) in [6.45, 7) is 5.51. The summed E-state index contributed by atoms with van der Waals surface area (Å²) in [4.78, 5) is 0.213. The number of hydrogen-bond acceptors (Lipinski definition) is 3. The molecule has 2 unspecified atom stereocenters. The smallest absolute Gasteiger partial charge is 0.377 e. The molecule has 0 radical (unpaired) electrons. The lowest BCUT2D eigenvalue weighted by Crippen LogP contribution is -2.47. The first-order valence-corrected chi connectivity index (χ1v) is 7.31. The third-order valence-corrected chi connectivity index (χ3v) is 4.48. The van der Waals surface area contributed by atoms with Crippen molar-refractivity contribution in [2.45, 2.75) is 48.9 Å². The molecule has 112 valence electrons. The molecule has 1 saturated heterocycles. The lowest BCUT2D eigenvalue weighted by Gasteiger charge is -2.29. The molecule has 0 spiro atoms. The third-order valence-electron chi connectivity index (χ3n) is 3.74. The highest BCUT2D eigenvalue weighted by molar-refractivity contribution is 8.00. The van der Waals surface area contributed by atoms with Crippen LogP contribution in [0.1, 0.15) is 25.8 Å². The number of alkyl halides is 3. The summed E-state index contributed by atoms with van der Waals surface area (Å²) in [6, 6.07) is 6.47. The Hall–Kier alpha value is -0.720. The maximum atomic E-state index is 12.2. The van der Waals surface area contributed by atoms with E-state index in [-0.39, 0.29) is 28.3 Å². The molecule has 1 N–H and O–H groups in total. The van der Waals surface area contributed by atoms with Crippen LogP contribution >= 0.6 is 11.8 Å². The zero-order chi connectivity index (χ0) is 14.8. The second kappa shape index (κ2) is 5.95. The lowest BCUT2D eigenvalue weighted by atomic mass is 9.94. The van der Waals surface area contributed by atoms with E-state index in [4.69, 9.17) is 4.74 Å². The molecule has 2 nitrogen and oxygen atoms in total. The minimum absolute atomic E-state index is 0.0700. The van der Waals surface area contributed by atoms with Gasteiger partial charge in [-0.3, -0.25) is 0 Å². The van der Waals surface area contributed by atoms with Gasteiger partial charge in [0.05, 0.1) is 6.10 Å². The molecule has 0 saturated carbocycles. The number of nitrogens with one attached hydrogen (secondary N) is 1. The van der Waals surface area contributed by atoms with E-state index in [1.807, 2.05) is 6.92 Å². The van der Waals surface area contributed by atoms with Crippen molar-refractivity contribution in [1.29, 1.82) is 0 Å². The minimum Gasteiger partial charge on any atom is -0.377 e. The van der Waals surface area contributed by atoms with Gasteiger partial charge in [0.2, 0.25) is 0 Å². The Morgan fingerprint density at radius 3 is 2.50 bits per heavy atom. The van der Waals surface area contributed by atoms with Crippen molar-refractivity contribution in [1.82, 2.24) is 5.32 Å². The molecule has 0 bridgehead atoms. The Kier molecular flexibility index (Phi) is 4.66. The molecular weight excluding hydrogens is 287 g/mol. The van der Waals surface area contributed by atoms with Crippen molar-refractivity contribution in [2.75, 3.05) is 6.61 Å². The summed E-state index contributed by atoms with van der Waals surface area (Å²) < 4.78 is 42.2. The van der Waals surface area contributed by atoms with E-state index >= 15 is 0 Å². The van der Waals surface area contributed by atoms with E-state index < -0.39 is 5.51 Å². The van der Waals surface area contributed by atoms with Crippen LogP contribution in [0, 0.1) is 0 Å². The highest BCUT2D eigenvalue weighted by Crippen LogP contribution is 2.36. The fourth-order valence-corrected chi connectivity index (χ4v) is 2.72. The number of halogens is 3. The maximum Gasteiger partial charge on any atom is 0.446 e. The summed E-state index contributed by atoms with van der Waals surface area (Å²) in [7, 11) is 0. The number of rotatable bonds is 4. The second-order valence-electron chi connectivity index (χ2n) is 5.23. The van der Waals surface area contributed by atoms with Crippen molar-refractivity contribution in [3.8, 4) is 0 Å². The summed E-state index contributed by atoms with van der Waals surface area (Å²) >= 11 is -0.0879. The molecule has 1 aromatic carbocycles. The Bertz CT molecular complexity index is 449. The second-order valence-corrected chi connectivity index (χ2v) is 6.36. The number of benzene rings is 1. The number of ether oxygens (including phenoxy) is 1. The minimum atomic E-state index is -4.23. The molecule has 6 heteroatoms. The predicted molar refractivity (Wildman–Crippen MR) is 73.6 cm³/mol. The molecule has 1 aliphatic heterocycles. The fraction of sp³-hybridized carbons (Fsp3) is 0.571. The summed E-state index contributed by atoms with van der Waals surface area (Å²) in [5.74, 6) is 0. The molecule has 0 amide bonds. The molecule has 2 atom stereocenters. The van der Waals surface area contributed by atoms with Crippen LogP contribution in [-0.4, -0.2) is 23.8 Å². The topological polar surface area (TPSA) is 21.3 Å². The average molecular weight is 305 g/mol. The first-order chi connectivity index (χ1) is 9.28. The van der Waals surface area contributed by atoms with Gasteiger partial charge in [0.25, 0.3) is 0 Å². The average Bonchev–Trinajstić information content (AvgIpc) is 2.68. The molecule has 2 rings (SSSR count). The standard InChI is InChI=1S/C14H18F3NOS/c1-10-13(2,7-8-19-10)18-9-11-3-5-12(6-4-11)20-14(15,16)17/h3-6,10,18H,7-9H2,1-2H3. The van der Waals surface area contributed by atoms with Crippen LogP contribution in [0.5, 0.6) is 0 Å². The summed E-state index contributed by atoms with van der Waals surface area (Å²) in [5.41, 5.74) is -3.33. The van der Waals surface area contributed by atoms with Gasteiger partial charge in [-0.25, -0.2) is 0 Å². The van der Waals surface area contributed by atoms with E-state index in [0.717, 1.165) is 18.6 Å². The van der Waals surface area contributed by atoms with E-state index in [9.17, 15) is 13.2 Å². The van der Waals surface area contributed by atoms with Crippen LogP contribution in [0.25, 0.3) is 0 Å². The van der Waals surface area contributed by atoms with Crippen LogP contribution in [-0.2, 0) is 11.3 Å².